The van der Waals surface area contributed by atoms with Gasteiger partial charge in [-0.05, 0) is 19.3 Å². The van der Waals surface area contributed by atoms with Gasteiger partial charge in [0, 0.05) is 5.75 Å². The van der Waals surface area contributed by atoms with Crippen molar-refractivity contribution in [1.82, 2.24) is 25.0 Å². The molecule has 1 saturated carbocycles. The van der Waals surface area contributed by atoms with Gasteiger partial charge in [0.25, 0.3) is 0 Å². The first kappa shape index (κ1) is 17.3. The van der Waals surface area contributed by atoms with E-state index in [-0.39, 0.29) is 25.4 Å². The zero-order chi connectivity index (χ0) is 17.1. The highest BCUT2D eigenvalue weighted by atomic mass is 32.2. The summed E-state index contributed by atoms with van der Waals surface area (Å²) in [4.78, 5) is 8.80. The summed E-state index contributed by atoms with van der Waals surface area (Å²) in [5.74, 6) is 1.22. The van der Waals surface area contributed by atoms with E-state index in [9.17, 15) is 5.11 Å². The molecule has 0 saturated heterocycles. The maximum Gasteiger partial charge on any atom is 0.191 e. The summed E-state index contributed by atoms with van der Waals surface area (Å²) in [6, 6.07) is -0.0768. The second-order valence-corrected chi connectivity index (χ2v) is 6.83. The molecule has 132 valence electrons. The lowest BCUT2D eigenvalue weighted by atomic mass is 10.2. The molecule has 24 heavy (non-hydrogen) atoms. The maximum absolute atomic E-state index is 10.2. The quantitative estimate of drug-likeness (QED) is 0.476. The van der Waals surface area contributed by atoms with Crippen molar-refractivity contribution >= 4 is 28.7 Å². The van der Waals surface area contributed by atoms with E-state index >= 15 is 0 Å². The van der Waals surface area contributed by atoms with Crippen LogP contribution >= 0.6 is 11.8 Å². The Morgan fingerprint density at radius 1 is 1.38 bits per heavy atom. The van der Waals surface area contributed by atoms with Gasteiger partial charge in [0.15, 0.2) is 22.1 Å². The second-order valence-electron chi connectivity index (χ2n) is 5.77. The number of rotatable bonds is 7. The minimum absolute atomic E-state index is 0.0675. The van der Waals surface area contributed by atoms with E-state index in [0.29, 0.717) is 35.0 Å². The number of aromatic nitrogens is 5. The van der Waals surface area contributed by atoms with Crippen LogP contribution in [0.5, 0.6) is 0 Å². The molecule has 2 aromatic rings. The Kier molecular flexibility index (Phi) is 5.49. The molecular weight excluding hydrogens is 332 g/mol. The summed E-state index contributed by atoms with van der Waals surface area (Å²) in [5.41, 5.74) is 7.04. The Labute approximate surface area is 143 Å². The molecular formula is C14H22N6O3S. The predicted molar refractivity (Wildman–Crippen MR) is 89.6 cm³/mol. The highest BCUT2D eigenvalue weighted by Gasteiger charge is 2.36. The van der Waals surface area contributed by atoms with Crippen molar-refractivity contribution in [2.75, 3.05) is 24.7 Å². The minimum atomic E-state index is -0.603. The highest BCUT2D eigenvalue weighted by Crippen LogP contribution is 2.34. The number of fused-ring (bicyclic) bond motifs is 1. The third kappa shape index (κ3) is 3.46. The molecule has 3 atom stereocenters. The Balaban J connectivity index is 1.85. The lowest BCUT2D eigenvalue weighted by Gasteiger charge is -2.14. The van der Waals surface area contributed by atoms with Crippen molar-refractivity contribution in [3.05, 3.63) is 0 Å². The Bertz CT molecular complexity index is 696. The van der Waals surface area contributed by atoms with Gasteiger partial charge in [-0.1, -0.05) is 23.9 Å². The molecule has 2 aromatic heterocycles. The van der Waals surface area contributed by atoms with Crippen LogP contribution in [-0.2, 0) is 4.74 Å². The molecule has 10 heteroatoms. The third-order valence-corrected chi connectivity index (χ3v) is 5.03. The number of thioether (sulfide) groups is 1. The van der Waals surface area contributed by atoms with E-state index in [1.807, 2.05) is 0 Å². The fraction of sp³-hybridized carbons (Fsp3) is 0.714. The molecule has 1 fully saturated rings. The summed E-state index contributed by atoms with van der Waals surface area (Å²) >= 11 is 1.54. The number of aliphatic hydroxyl groups excluding tert-OH is 2. The predicted octanol–water partition coefficient (Wildman–Crippen LogP) is 0.379. The molecule has 9 nitrogen and oxygen atoms in total. The van der Waals surface area contributed by atoms with Gasteiger partial charge in [0.2, 0.25) is 0 Å². The van der Waals surface area contributed by atoms with Crippen molar-refractivity contribution in [1.29, 1.82) is 0 Å². The lowest BCUT2D eigenvalue weighted by Crippen LogP contribution is -2.23. The van der Waals surface area contributed by atoms with E-state index in [2.05, 4.69) is 27.2 Å². The number of nitrogens with two attached hydrogens (primary N) is 1. The fourth-order valence-corrected chi connectivity index (χ4v) is 3.57. The number of ether oxygens (including phenoxy) is 1. The number of aliphatic hydroxyl groups is 2. The summed E-state index contributed by atoms with van der Waals surface area (Å²) < 4.78 is 7.19. The summed E-state index contributed by atoms with van der Waals surface area (Å²) in [5, 5.41) is 27.9. The van der Waals surface area contributed by atoms with Gasteiger partial charge in [-0.15, -0.1) is 5.10 Å². The van der Waals surface area contributed by atoms with Crippen LogP contribution in [0.3, 0.4) is 0 Å². The van der Waals surface area contributed by atoms with Crippen LogP contribution in [0, 0.1) is 0 Å². The molecule has 2 heterocycles. The van der Waals surface area contributed by atoms with E-state index in [1.165, 1.54) is 0 Å². The van der Waals surface area contributed by atoms with Gasteiger partial charge in [0.05, 0.1) is 31.5 Å². The smallest absolute Gasteiger partial charge is 0.191 e. The standard InChI is InChI=1S/C14H22N6O3S/c1-2-5-24-14-16-12(15)11-13(17-14)20(19-18-11)8-6-9(22)10(7-8)23-4-3-21/h8-10,21-22H,2-7H2,1H3,(H2,15,16,17)/t8-,9-,10-/m0/s1. The van der Waals surface area contributed by atoms with E-state index in [1.54, 1.807) is 16.4 Å². The van der Waals surface area contributed by atoms with Gasteiger partial charge in [-0.25, -0.2) is 14.6 Å². The van der Waals surface area contributed by atoms with Crippen LogP contribution in [0.4, 0.5) is 5.82 Å². The van der Waals surface area contributed by atoms with Gasteiger partial charge in [0.1, 0.15) is 0 Å². The monoisotopic (exact) mass is 354 g/mol. The van der Waals surface area contributed by atoms with Crippen LogP contribution < -0.4 is 5.73 Å². The van der Waals surface area contributed by atoms with Crippen LogP contribution in [0.25, 0.3) is 11.2 Å². The second kappa shape index (κ2) is 7.60. The molecule has 0 spiro atoms. The lowest BCUT2D eigenvalue weighted by molar-refractivity contribution is -0.0303. The van der Waals surface area contributed by atoms with Gasteiger partial charge >= 0.3 is 0 Å². The molecule has 1 aliphatic carbocycles. The zero-order valence-corrected chi connectivity index (χ0v) is 14.3. The zero-order valence-electron chi connectivity index (χ0n) is 13.5. The van der Waals surface area contributed by atoms with Gasteiger partial charge in [-0.2, -0.15) is 0 Å². The van der Waals surface area contributed by atoms with Gasteiger partial charge in [-0.3, -0.25) is 0 Å². The van der Waals surface area contributed by atoms with Crippen molar-refractivity contribution in [3.63, 3.8) is 0 Å². The van der Waals surface area contributed by atoms with Crippen LogP contribution in [0.15, 0.2) is 5.16 Å². The Morgan fingerprint density at radius 3 is 2.96 bits per heavy atom. The van der Waals surface area contributed by atoms with E-state index in [4.69, 9.17) is 15.6 Å². The summed E-state index contributed by atoms with van der Waals surface area (Å²) in [6.45, 7) is 2.23. The third-order valence-electron chi connectivity index (χ3n) is 3.98. The summed E-state index contributed by atoms with van der Waals surface area (Å²) in [6.07, 6.45) is 1.17. The molecule has 0 aromatic carbocycles. The number of hydrogen-bond donors (Lipinski definition) is 3. The Hall–Kier alpha value is -1.49. The fourth-order valence-electron chi connectivity index (χ4n) is 2.87. The van der Waals surface area contributed by atoms with Crippen molar-refractivity contribution in [2.45, 2.75) is 49.6 Å². The first-order valence-electron chi connectivity index (χ1n) is 8.05. The number of anilines is 1. The normalized spacial score (nSPS) is 24.0. The van der Waals surface area contributed by atoms with E-state index < -0.39 is 6.10 Å². The molecule has 0 unspecified atom stereocenters. The molecule has 0 amide bonds. The molecule has 3 rings (SSSR count). The number of nitrogen functional groups attached to an aromatic ring is 1. The molecule has 0 bridgehead atoms. The number of nitrogens with zero attached hydrogens (tertiary/aromatic N) is 5. The average Bonchev–Trinajstić information content (AvgIpc) is 3.14. The molecule has 0 radical (unpaired) electrons. The van der Waals surface area contributed by atoms with Crippen LogP contribution in [-0.4, -0.2) is 66.3 Å². The van der Waals surface area contributed by atoms with E-state index in [0.717, 1.165) is 12.2 Å². The van der Waals surface area contributed by atoms with Crippen molar-refractivity contribution < 1.29 is 14.9 Å². The highest BCUT2D eigenvalue weighted by molar-refractivity contribution is 7.99. The van der Waals surface area contributed by atoms with Gasteiger partial charge < -0.3 is 20.7 Å². The summed E-state index contributed by atoms with van der Waals surface area (Å²) in [7, 11) is 0. The maximum atomic E-state index is 10.2. The molecule has 0 aliphatic heterocycles. The minimum Gasteiger partial charge on any atom is -0.394 e. The first-order valence-corrected chi connectivity index (χ1v) is 9.04. The van der Waals surface area contributed by atoms with Crippen molar-refractivity contribution in [2.24, 2.45) is 0 Å². The SMILES string of the molecule is CCCSc1nc(N)c2nnn([C@@H]3C[C@H](OCCO)[C@@H](O)C3)c2n1. The largest absolute Gasteiger partial charge is 0.394 e. The molecule has 1 aliphatic rings. The number of hydrogen-bond acceptors (Lipinski definition) is 9. The molecule has 4 N–H and O–H groups in total. The Morgan fingerprint density at radius 2 is 2.21 bits per heavy atom. The van der Waals surface area contributed by atoms with Crippen LogP contribution in [0.1, 0.15) is 32.2 Å². The average molecular weight is 354 g/mol. The topological polar surface area (TPSA) is 132 Å². The van der Waals surface area contributed by atoms with Crippen molar-refractivity contribution in [3.8, 4) is 0 Å². The van der Waals surface area contributed by atoms with Crippen LogP contribution in [0.2, 0.25) is 0 Å². The first-order chi connectivity index (χ1) is 11.6.